The van der Waals surface area contributed by atoms with Gasteiger partial charge in [-0.15, -0.1) is 0 Å². The topological polar surface area (TPSA) is 50.1 Å². The van der Waals surface area contributed by atoms with Crippen molar-refractivity contribution in [2.75, 3.05) is 7.11 Å². The van der Waals surface area contributed by atoms with E-state index < -0.39 is 5.92 Å². The predicted molar refractivity (Wildman–Crippen MR) is 54.7 cm³/mol. The Morgan fingerprint density at radius 1 is 1.53 bits per heavy atom. The molecule has 3 nitrogen and oxygen atoms in total. The number of benzene rings is 1. The lowest BCUT2D eigenvalue weighted by molar-refractivity contribution is 0.0934. The maximum Gasteiger partial charge on any atom is 0.180 e. The number of rotatable bonds is 1. The molecule has 1 atom stereocenters. The number of carbonyl (C=O) groups is 1. The van der Waals surface area contributed by atoms with Gasteiger partial charge < -0.3 is 4.74 Å². The second-order valence-electron chi connectivity index (χ2n) is 3.61. The summed E-state index contributed by atoms with van der Waals surface area (Å²) in [4.78, 5) is 11.8. The number of nitrogens with zero attached hydrogens (tertiary/aromatic N) is 1. The molecule has 76 valence electrons. The second kappa shape index (κ2) is 3.74. The number of aryl methyl sites for hydroxylation is 1. The third-order valence-electron chi connectivity index (χ3n) is 2.75. The van der Waals surface area contributed by atoms with Crippen molar-refractivity contribution in [1.29, 1.82) is 5.26 Å². The molecule has 0 radical (unpaired) electrons. The number of hydrogen-bond donors (Lipinski definition) is 0. The van der Waals surface area contributed by atoms with Crippen LogP contribution in [0.4, 0.5) is 0 Å². The van der Waals surface area contributed by atoms with Crippen LogP contribution in [0.2, 0.25) is 0 Å². The molecule has 0 aliphatic heterocycles. The Bertz CT molecular complexity index is 445. The van der Waals surface area contributed by atoms with Crippen LogP contribution in [0.3, 0.4) is 0 Å². The summed E-state index contributed by atoms with van der Waals surface area (Å²) < 4.78 is 5.09. The summed E-state index contributed by atoms with van der Waals surface area (Å²) in [6, 6.07) is 7.43. The van der Waals surface area contributed by atoms with E-state index in [0.29, 0.717) is 12.0 Å². The van der Waals surface area contributed by atoms with Crippen molar-refractivity contribution in [3.8, 4) is 11.8 Å². The van der Waals surface area contributed by atoms with Crippen LogP contribution in [0, 0.1) is 17.2 Å². The minimum absolute atomic E-state index is 0.0543. The van der Waals surface area contributed by atoms with Gasteiger partial charge in [0.1, 0.15) is 11.7 Å². The molecule has 0 bridgehead atoms. The first kappa shape index (κ1) is 9.72. The third kappa shape index (κ3) is 1.59. The molecule has 0 spiro atoms. The summed E-state index contributed by atoms with van der Waals surface area (Å²) in [5.41, 5.74) is 1.67. The van der Waals surface area contributed by atoms with Crippen molar-refractivity contribution in [2.24, 2.45) is 5.92 Å². The number of ether oxygens (including phenoxy) is 1. The maximum absolute atomic E-state index is 11.8. The predicted octanol–water partition coefficient (Wildman–Crippen LogP) is 1.96. The van der Waals surface area contributed by atoms with E-state index in [0.717, 1.165) is 17.7 Å². The van der Waals surface area contributed by atoms with E-state index in [-0.39, 0.29) is 5.78 Å². The van der Waals surface area contributed by atoms with Crippen LogP contribution >= 0.6 is 0 Å². The largest absolute Gasteiger partial charge is 0.497 e. The molecule has 0 unspecified atom stereocenters. The summed E-state index contributed by atoms with van der Waals surface area (Å²) >= 11 is 0. The number of nitriles is 1. The van der Waals surface area contributed by atoms with E-state index in [9.17, 15) is 4.79 Å². The third-order valence-corrected chi connectivity index (χ3v) is 2.75. The molecule has 0 heterocycles. The van der Waals surface area contributed by atoms with Gasteiger partial charge in [0.25, 0.3) is 0 Å². The molecule has 2 rings (SSSR count). The van der Waals surface area contributed by atoms with Crippen LogP contribution in [-0.4, -0.2) is 12.9 Å². The minimum atomic E-state index is -0.467. The average Bonchev–Trinajstić information content (AvgIpc) is 2.29. The number of Topliss-reactive ketones (excluding diaryl/α,β-unsaturated/α-hetero) is 1. The Balaban J connectivity index is 2.42. The van der Waals surface area contributed by atoms with E-state index in [1.54, 1.807) is 19.2 Å². The molecule has 1 aliphatic carbocycles. The first-order valence-electron chi connectivity index (χ1n) is 4.87. The SMILES string of the molecule is COc1ccc2c(c1)CC[C@@H](C#N)C2=O. The van der Waals surface area contributed by atoms with E-state index >= 15 is 0 Å². The molecule has 0 amide bonds. The van der Waals surface area contributed by atoms with Crippen molar-refractivity contribution in [2.45, 2.75) is 12.8 Å². The lowest BCUT2D eigenvalue weighted by Crippen LogP contribution is -2.21. The molecule has 0 N–H and O–H groups in total. The van der Waals surface area contributed by atoms with E-state index in [1.807, 2.05) is 12.1 Å². The van der Waals surface area contributed by atoms with Gasteiger partial charge >= 0.3 is 0 Å². The molecule has 0 saturated carbocycles. The van der Waals surface area contributed by atoms with Gasteiger partial charge in [0.2, 0.25) is 0 Å². The van der Waals surface area contributed by atoms with E-state index in [4.69, 9.17) is 10.00 Å². The van der Waals surface area contributed by atoms with E-state index in [1.165, 1.54) is 0 Å². The highest BCUT2D eigenvalue weighted by atomic mass is 16.5. The Hall–Kier alpha value is -1.82. The molecule has 1 aromatic rings. The summed E-state index contributed by atoms with van der Waals surface area (Å²) in [6.45, 7) is 0. The van der Waals surface area contributed by atoms with Crippen LogP contribution < -0.4 is 4.74 Å². The second-order valence-corrected chi connectivity index (χ2v) is 3.61. The van der Waals surface area contributed by atoms with Crippen LogP contribution in [-0.2, 0) is 6.42 Å². The van der Waals surface area contributed by atoms with E-state index in [2.05, 4.69) is 0 Å². The Kier molecular flexibility index (Phi) is 2.42. The molecule has 1 aromatic carbocycles. The maximum atomic E-state index is 11.8. The van der Waals surface area contributed by atoms with Crippen molar-refractivity contribution < 1.29 is 9.53 Å². The fraction of sp³-hybridized carbons (Fsp3) is 0.333. The highest BCUT2D eigenvalue weighted by Gasteiger charge is 2.27. The molecule has 0 saturated heterocycles. The zero-order valence-electron chi connectivity index (χ0n) is 8.49. The summed E-state index contributed by atoms with van der Waals surface area (Å²) in [5.74, 6) is 0.240. The summed E-state index contributed by atoms with van der Waals surface area (Å²) in [6.07, 6.45) is 1.39. The van der Waals surface area contributed by atoms with Gasteiger partial charge in [0, 0.05) is 5.56 Å². The van der Waals surface area contributed by atoms with Crippen molar-refractivity contribution in [3.05, 3.63) is 29.3 Å². The number of ketones is 1. The monoisotopic (exact) mass is 201 g/mol. The smallest absolute Gasteiger partial charge is 0.180 e. The Morgan fingerprint density at radius 3 is 3.00 bits per heavy atom. The summed E-state index contributed by atoms with van der Waals surface area (Å²) in [5, 5.41) is 8.79. The van der Waals surface area contributed by atoms with Gasteiger partial charge in [-0.2, -0.15) is 5.26 Å². The highest BCUT2D eigenvalue weighted by molar-refractivity contribution is 6.01. The lowest BCUT2D eigenvalue weighted by atomic mass is 9.83. The molecule has 1 aliphatic rings. The van der Waals surface area contributed by atoms with Crippen LogP contribution in [0.5, 0.6) is 5.75 Å². The number of methoxy groups -OCH3 is 1. The van der Waals surface area contributed by atoms with Crippen molar-refractivity contribution in [3.63, 3.8) is 0 Å². The fourth-order valence-corrected chi connectivity index (χ4v) is 1.89. The molecule has 15 heavy (non-hydrogen) atoms. The standard InChI is InChI=1S/C12H11NO2/c1-15-10-4-5-11-8(6-10)2-3-9(7-13)12(11)14/h4-6,9H,2-3H2,1H3/t9-/m0/s1. The van der Waals surface area contributed by atoms with Gasteiger partial charge in [0.05, 0.1) is 13.2 Å². The quantitative estimate of drug-likeness (QED) is 0.697. The first-order chi connectivity index (χ1) is 7.26. The number of fused-ring (bicyclic) bond motifs is 1. The molecular weight excluding hydrogens is 190 g/mol. The van der Waals surface area contributed by atoms with Crippen LogP contribution in [0.25, 0.3) is 0 Å². The Labute approximate surface area is 88.3 Å². The number of carbonyl (C=O) groups excluding carboxylic acids is 1. The molecule has 0 fully saturated rings. The molecular formula is C12H11NO2. The van der Waals surface area contributed by atoms with Crippen LogP contribution in [0.15, 0.2) is 18.2 Å². The first-order valence-corrected chi connectivity index (χ1v) is 4.87. The molecule has 3 heteroatoms. The fourth-order valence-electron chi connectivity index (χ4n) is 1.89. The molecule has 0 aromatic heterocycles. The normalized spacial score (nSPS) is 19.2. The Morgan fingerprint density at radius 2 is 2.33 bits per heavy atom. The van der Waals surface area contributed by atoms with Gasteiger partial charge in [-0.1, -0.05) is 0 Å². The minimum Gasteiger partial charge on any atom is -0.497 e. The zero-order valence-corrected chi connectivity index (χ0v) is 8.49. The van der Waals surface area contributed by atoms with Crippen molar-refractivity contribution >= 4 is 5.78 Å². The average molecular weight is 201 g/mol. The van der Waals surface area contributed by atoms with Crippen molar-refractivity contribution in [1.82, 2.24) is 0 Å². The highest BCUT2D eigenvalue weighted by Crippen LogP contribution is 2.28. The zero-order chi connectivity index (χ0) is 10.8. The summed E-state index contributed by atoms with van der Waals surface area (Å²) in [7, 11) is 1.60. The van der Waals surface area contributed by atoms with Gasteiger partial charge in [0.15, 0.2) is 5.78 Å². The van der Waals surface area contributed by atoms with Gasteiger partial charge in [-0.05, 0) is 36.6 Å². The van der Waals surface area contributed by atoms with Gasteiger partial charge in [-0.3, -0.25) is 4.79 Å². The van der Waals surface area contributed by atoms with Gasteiger partial charge in [-0.25, -0.2) is 0 Å². The lowest BCUT2D eigenvalue weighted by Gasteiger charge is -2.18. The van der Waals surface area contributed by atoms with Crippen LogP contribution in [0.1, 0.15) is 22.3 Å². The number of hydrogen-bond acceptors (Lipinski definition) is 3.